The smallest absolute Gasteiger partial charge is 0.282 e. The van der Waals surface area contributed by atoms with E-state index >= 15 is 0 Å². The van der Waals surface area contributed by atoms with Gasteiger partial charge in [0.25, 0.3) is 11.8 Å². The van der Waals surface area contributed by atoms with E-state index < -0.39 is 0 Å². The van der Waals surface area contributed by atoms with E-state index in [9.17, 15) is 9.59 Å². The summed E-state index contributed by atoms with van der Waals surface area (Å²) in [5, 5.41) is 1.94. The van der Waals surface area contributed by atoms with Crippen molar-refractivity contribution in [3.63, 3.8) is 0 Å². The first kappa shape index (κ1) is 22.4. The summed E-state index contributed by atoms with van der Waals surface area (Å²) in [5.74, 6) is 1.49. The summed E-state index contributed by atoms with van der Waals surface area (Å²) in [7, 11) is 0. The predicted molar refractivity (Wildman–Crippen MR) is 127 cm³/mol. The second kappa shape index (κ2) is 9.36. The lowest BCUT2D eigenvalue weighted by molar-refractivity contribution is -0.120. The molecule has 0 bridgehead atoms. The number of piperidine rings is 1. The van der Waals surface area contributed by atoms with Crippen molar-refractivity contribution in [1.29, 1.82) is 0 Å². The number of nitrogens with zero attached hydrogens (tertiary/aromatic N) is 2. The highest BCUT2D eigenvalue weighted by atomic mass is 32.1. The number of carbonyl (C=O) groups is 2. The molecule has 2 atom stereocenters. The SMILES string of the molecule is CCOc1ccc(N2C(=O)C(c3cccs3)=C(N3CC(C)CC(C)C3)C2=O)cc1OCC. The normalized spacial score (nSPS) is 21.5. The lowest BCUT2D eigenvalue weighted by atomic mass is 9.91. The number of carbonyl (C=O) groups excluding carboxylic acids is 2. The first-order valence-electron chi connectivity index (χ1n) is 11.3. The Morgan fingerprint density at radius 2 is 1.66 bits per heavy atom. The van der Waals surface area contributed by atoms with Gasteiger partial charge in [-0.1, -0.05) is 19.9 Å². The van der Waals surface area contributed by atoms with Crippen molar-refractivity contribution in [2.45, 2.75) is 34.1 Å². The lowest BCUT2D eigenvalue weighted by Crippen LogP contribution is -2.42. The number of rotatable bonds is 7. The van der Waals surface area contributed by atoms with Crippen LogP contribution < -0.4 is 14.4 Å². The fourth-order valence-electron chi connectivity index (χ4n) is 4.71. The van der Waals surface area contributed by atoms with Crippen molar-refractivity contribution in [2.24, 2.45) is 11.8 Å². The fraction of sp³-hybridized carbons (Fsp3) is 0.440. The molecule has 0 saturated carbocycles. The highest BCUT2D eigenvalue weighted by Crippen LogP contribution is 2.40. The largest absolute Gasteiger partial charge is 0.490 e. The Balaban J connectivity index is 1.77. The van der Waals surface area contributed by atoms with Crippen molar-refractivity contribution in [3.8, 4) is 11.5 Å². The summed E-state index contributed by atoms with van der Waals surface area (Å²) in [6.45, 7) is 10.7. The third-order valence-corrected chi connectivity index (χ3v) is 6.68. The second-order valence-corrected chi connectivity index (χ2v) is 9.44. The molecule has 2 aliphatic rings. The van der Waals surface area contributed by atoms with Gasteiger partial charge in [0, 0.05) is 24.0 Å². The molecule has 1 aromatic heterocycles. The molecule has 2 aliphatic heterocycles. The van der Waals surface area contributed by atoms with Gasteiger partial charge in [-0.2, -0.15) is 0 Å². The van der Waals surface area contributed by atoms with E-state index in [1.807, 2.05) is 31.4 Å². The summed E-state index contributed by atoms with van der Waals surface area (Å²) in [4.78, 5) is 31.6. The summed E-state index contributed by atoms with van der Waals surface area (Å²) < 4.78 is 11.4. The molecule has 1 aromatic carbocycles. The van der Waals surface area contributed by atoms with E-state index in [4.69, 9.17) is 9.47 Å². The Morgan fingerprint density at radius 3 is 2.28 bits per heavy atom. The van der Waals surface area contributed by atoms with Crippen LogP contribution in [0.1, 0.15) is 39.0 Å². The van der Waals surface area contributed by atoms with Crippen molar-refractivity contribution in [3.05, 3.63) is 46.3 Å². The fourth-order valence-corrected chi connectivity index (χ4v) is 5.48. The summed E-state index contributed by atoms with van der Waals surface area (Å²) >= 11 is 1.48. The molecular weight excluding hydrogens is 424 g/mol. The molecule has 4 rings (SSSR count). The number of likely N-dealkylation sites (tertiary alicyclic amines) is 1. The van der Waals surface area contributed by atoms with Gasteiger partial charge < -0.3 is 14.4 Å². The molecule has 1 fully saturated rings. The van der Waals surface area contributed by atoms with Crippen LogP contribution >= 0.6 is 11.3 Å². The molecule has 7 heteroatoms. The number of amides is 2. The number of benzene rings is 1. The van der Waals surface area contributed by atoms with Crippen LogP contribution in [0.25, 0.3) is 5.57 Å². The Labute approximate surface area is 193 Å². The van der Waals surface area contributed by atoms with Gasteiger partial charge in [-0.25, -0.2) is 4.90 Å². The summed E-state index contributed by atoms with van der Waals surface area (Å²) in [6.07, 6.45) is 1.13. The van der Waals surface area contributed by atoms with Gasteiger partial charge in [0.1, 0.15) is 5.70 Å². The Kier molecular flexibility index (Phi) is 6.55. The molecule has 2 amide bonds. The number of ether oxygens (including phenoxy) is 2. The molecule has 1 saturated heterocycles. The molecule has 0 N–H and O–H groups in total. The number of hydrogen-bond acceptors (Lipinski definition) is 6. The Morgan fingerprint density at radius 1 is 0.969 bits per heavy atom. The van der Waals surface area contributed by atoms with Gasteiger partial charge in [-0.15, -0.1) is 11.3 Å². The number of hydrogen-bond donors (Lipinski definition) is 0. The molecule has 32 heavy (non-hydrogen) atoms. The summed E-state index contributed by atoms with van der Waals surface area (Å²) in [6, 6.07) is 9.06. The van der Waals surface area contributed by atoms with Crippen LogP contribution in [-0.4, -0.2) is 43.0 Å². The van der Waals surface area contributed by atoms with Gasteiger partial charge in [0.05, 0.1) is 24.5 Å². The maximum absolute atomic E-state index is 13.8. The van der Waals surface area contributed by atoms with Crippen LogP contribution in [0.4, 0.5) is 5.69 Å². The van der Waals surface area contributed by atoms with Gasteiger partial charge in [-0.05, 0) is 55.7 Å². The van der Waals surface area contributed by atoms with Gasteiger partial charge in [-0.3, -0.25) is 9.59 Å². The highest BCUT2D eigenvalue weighted by molar-refractivity contribution is 7.11. The second-order valence-electron chi connectivity index (χ2n) is 8.49. The van der Waals surface area contributed by atoms with Crippen LogP contribution in [0.3, 0.4) is 0 Å². The maximum atomic E-state index is 13.8. The molecule has 2 aromatic rings. The molecule has 3 heterocycles. The minimum absolute atomic E-state index is 0.272. The average Bonchev–Trinajstić information content (AvgIpc) is 3.35. The van der Waals surface area contributed by atoms with Crippen molar-refractivity contribution in [2.75, 3.05) is 31.2 Å². The van der Waals surface area contributed by atoms with Crippen LogP contribution in [0.15, 0.2) is 41.4 Å². The zero-order valence-corrected chi connectivity index (χ0v) is 19.9. The van der Waals surface area contributed by atoms with Crippen LogP contribution in [-0.2, 0) is 9.59 Å². The van der Waals surface area contributed by atoms with Gasteiger partial charge in [0.15, 0.2) is 11.5 Å². The molecule has 0 spiro atoms. The molecule has 170 valence electrons. The average molecular weight is 455 g/mol. The van der Waals surface area contributed by atoms with E-state index in [1.54, 1.807) is 18.2 Å². The van der Waals surface area contributed by atoms with E-state index in [1.165, 1.54) is 16.2 Å². The Hall–Kier alpha value is -2.80. The first-order chi connectivity index (χ1) is 15.4. The standard InChI is InChI=1S/C25H30N2O4S/c1-5-30-19-10-9-18(13-20(19)31-6-2)27-24(28)22(21-8-7-11-32-21)23(25(27)29)26-14-16(3)12-17(4)15-26/h7-11,13,16-17H,5-6,12,14-15H2,1-4H3. The minimum Gasteiger partial charge on any atom is -0.490 e. The minimum atomic E-state index is -0.287. The Bertz CT molecular complexity index is 1020. The van der Waals surface area contributed by atoms with Crippen molar-refractivity contribution in [1.82, 2.24) is 4.90 Å². The third-order valence-electron chi connectivity index (χ3n) is 5.80. The van der Waals surface area contributed by atoms with Gasteiger partial charge in [0.2, 0.25) is 0 Å². The van der Waals surface area contributed by atoms with Crippen molar-refractivity contribution < 1.29 is 19.1 Å². The highest BCUT2D eigenvalue weighted by Gasteiger charge is 2.44. The topological polar surface area (TPSA) is 59.1 Å². The van der Waals surface area contributed by atoms with E-state index in [2.05, 4.69) is 18.7 Å². The van der Waals surface area contributed by atoms with Crippen LogP contribution in [0.2, 0.25) is 0 Å². The lowest BCUT2D eigenvalue weighted by Gasteiger charge is -2.37. The summed E-state index contributed by atoms with van der Waals surface area (Å²) in [5.41, 5.74) is 1.51. The molecule has 2 unspecified atom stereocenters. The van der Waals surface area contributed by atoms with Crippen LogP contribution in [0.5, 0.6) is 11.5 Å². The molecule has 0 aliphatic carbocycles. The number of imide groups is 1. The quantitative estimate of drug-likeness (QED) is 0.562. The number of anilines is 1. The predicted octanol–water partition coefficient (Wildman–Crippen LogP) is 4.81. The zero-order chi connectivity index (χ0) is 22.8. The maximum Gasteiger partial charge on any atom is 0.282 e. The molecule has 6 nitrogen and oxygen atoms in total. The number of thiophene rings is 1. The van der Waals surface area contributed by atoms with Crippen LogP contribution in [0, 0.1) is 11.8 Å². The van der Waals surface area contributed by atoms with Gasteiger partial charge >= 0.3 is 0 Å². The zero-order valence-electron chi connectivity index (χ0n) is 19.1. The molecule has 0 radical (unpaired) electrons. The van der Waals surface area contributed by atoms with E-state index in [0.717, 1.165) is 24.4 Å². The third kappa shape index (κ3) is 4.13. The van der Waals surface area contributed by atoms with E-state index in [0.29, 0.717) is 53.5 Å². The first-order valence-corrected chi connectivity index (χ1v) is 12.1. The monoisotopic (exact) mass is 454 g/mol. The van der Waals surface area contributed by atoms with E-state index in [-0.39, 0.29) is 11.8 Å². The van der Waals surface area contributed by atoms with Crippen molar-refractivity contribution >= 4 is 34.4 Å². The molecular formula is C25H30N2O4S.